The Kier molecular flexibility index (Phi) is 5.61. The molecule has 1 saturated carbocycles. The quantitative estimate of drug-likeness (QED) is 0.627. The van der Waals surface area contributed by atoms with Crippen molar-refractivity contribution in [3.63, 3.8) is 0 Å². The summed E-state index contributed by atoms with van der Waals surface area (Å²) in [5, 5.41) is 0. The first-order valence-corrected chi connectivity index (χ1v) is 10.6. The second-order valence-electron chi connectivity index (χ2n) is 8.67. The first-order valence-electron chi connectivity index (χ1n) is 10.6. The fourth-order valence-corrected chi connectivity index (χ4v) is 4.97. The maximum absolute atomic E-state index is 13.6. The molecule has 1 saturated heterocycles. The van der Waals surface area contributed by atoms with Crippen molar-refractivity contribution in [1.29, 1.82) is 0 Å². The van der Waals surface area contributed by atoms with Crippen LogP contribution in [0.15, 0.2) is 17.9 Å². The Morgan fingerprint density at radius 1 is 1.06 bits per heavy atom. The molecular weight excluding hydrogens is 429 g/mol. The van der Waals surface area contributed by atoms with Crippen LogP contribution in [0.25, 0.3) is 5.57 Å². The van der Waals surface area contributed by atoms with Crippen LogP contribution in [0.3, 0.4) is 0 Å². The molecule has 2 aliphatic heterocycles. The van der Waals surface area contributed by atoms with Crippen molar-refractivity contribution in [2.45, 2.75) is 70.4 Å². The molecule has 9 heteroatoms. The van der Waals surface area contributed by atoms with Gasteiger partial charge < -0.3 is 18.9 Å². The van der Waals surface area contributed by atoms with E-state index in [-0.39, 0.29) is 24.5 Å². The molecule has 32 heavy (non-hydrogen) atoms. The molecule has 0 amide bonds. The van der Waals surface area contributed by atoms with Crippen LogP contribution in [0.2, 0.25) is 0 Å². The lowest BCUT2D eigenvalue weighted by Crippen LogP contribution is -2.48. The van der Waals surface area contributed by atoms with Gasteiger partial charge in [0.1, 0.15) is 12.0 Å². The summed E-state index contributed by atoms with van der Waals surface area (Å²) in [5.74, 6) is -4.88. The highest BCUT2D eigenvalue weighted by molar-refractivity contribution is 6.20. The minimum absolute atomic E-state index is 0.00428. The van der Waals surface area contributed by atoms with Gasteiger partial charge in [-0.05, 0) is 63.1 Å². The van der Waals surface area contributed by atoms with Gasteiger partial charge in [-0.3, -0.25) is 4.79 Å². The van der Waals surface area contributed by atoms with E-state index in [2.05, 4.69) is 0 Å². The SMILES string of the molecule is Cc1cc(C)c(C2=C(OC(=O)CC3(C(F)(F)F)OCCO3)C3(CCCC3)OC2=O)c(C)c1. The van der Waals surface area contributed by atoms with Gasteiger partial charge in [-0.15, -0.1) is 0 Å². The lowest BCUT2D eigenvalue weighted by Gasteiger charge is -2.29. The smallest absolute Gasteiger partial charge is 0.443 e. The third kappa shape index (κ3) is 3.71. The van der Waals surface area contributed by atoms with Crippen LogP contribution < -0.4 is 0 Å². The molecule has 4 rings (SSSR count). The highest BCUT2D eigenvalue weighted by atomic mass is 19.4. The number of halogens is 3. The summed E-state index contributed by atoms with van der Waals surface area (Å²) in [6.45, 7) is 5.01. The van der Waals surface area contributed by atoms with E-state index in [0.29, 0.717) is 18.4 Å². The van der Waals surface area contributed by atoms with E-state index >= 15 is 0 Å². The fourth-order valence-electron chi connectivity index (χ4n) is 4.97. The second-order valence-corrected chi connectivity index (χ2v) is 8.67. The summed E-state index contributed by atoms with van der Waals surface area (Å²) >= 11 is 0. The first-order chi connectivity index (χ1) is 15.0. The predicted octanol–water partition coefficient (Wildman–Crippen LogP) is 4.43. The van der Waals surface area contributed by atoms with Gasteiger partial charge in [0.05, 0.1) is 13.2 Å². The van der Waals surface area contributed by atoms with Crippen LogP contribution >= 0.6 is 0 Å². The van der Waals surface area contributed by atoms with Gasteiger partial charge in [-0.25, -0.2) is 4.79 Å². The van der Waals surface area contributed by atoms with E-state index in [1.807, 2.05) is 32.9 Å². The molecule has 0 aromatic heterocycles. The topological polar surface area (TPSA) is 71.1 Å². The van der Waals surface area contributed by atoms with Crippen molar-refractivity contribution in [3.8, 4) is 0 Å². The summed E-state index contributed by atoms with van der Waals surface area (Å²) in [5.41, 5.74) is 2.09. The molecule has 1 aromatic carbocycles. The van der Waals surface area contributed by atoms with Crippen LogP contribution in [0.1, 0.15) is 54.4 Å². The average molecular weight is 454 g/mol. The summed E-state index contributed by atoms with van der Waals surface area (Å²) in [6.07, 6.45) is -3.74. The number of hydrogen-bond acceptors (Lipinski definition) is 6. The molecule has 2 fully saturated rings. The van der Waals surface area contributed by atoms with Crippen molar-refractivity contribution in [3.05, 3.63) is 40.1 Å². The Labute approximate surface area is 183 Å². The maximum atomic E-state index is 13.6. The zero-order valence-electron chi connectivity index (χ0n) is 18.2. The number of aryl methyl sites for hydroxylation is 3. The molecule has 2 heterocycles. The van der Waals surface area contributed by atoms with Crippen molar-refractivity contribution >= 4 is 17.5 Å². The highest BCUT2D eigenvalue weighted by Crippen LogP contribution is 2.50. The van der Waals surface area contributed by atoms with E-state index in [4.69, 9.17) is 18.9 Å². The van der Waals surface area contributed by atoms with E-state index < -0.39 is 35.9 Å². The number of ether oxygens (including phenoxy) is 4. The molecule has 6 nitrogen and oxygen atoms in total. The van der Waals surface area contributed by atoms with Gasteiger partial charge in [0.15, 0.2) is 11.4 Å². The largest absolute Gasteiger partial charge is 0.447 e. The number of hydrogen-bond donors (Lipinski definition) is 0. The van der Waals surface area contributed by atoms with Gasteiger partial charge in [0.2, 0.25) is 0 Å². The van der Waals surface area contributed by atoms with Gasteiger partial charge in [0, 0.05) is 0 Å². The number of esters is 2. The number of rotatable bonds is 4. The zero-order valence-corrected chi connectivity index (χ0v) is 18.2. The van der Waals surface area contributed by atoms with E-state index in [0.717, 1.165) is 29.5 Å². The molecule has 3 aliphatic rings. The summed E-state index contributed by atoms with van der Waals surface area (Å²) in [6, 6.07) is 3.78. The normalized spacial score (nSPS) is 22.0. The Hall–Kier alpha value is -2.39. The zero-order chi connectivity index (χ0) is 23.3. The first kappa shape index (κ1) is 22.8. The van der Waals surface area contributed by atoms with E-state index in [9.17, 15) is 22.8 Å². The van der Waals surface area contributed by atoms with Gasteiger partial charge >= 0.3 is 18.1 Å². The molecule has 0 radical (unpaired) electrons. The average Bonchev–Trinajstić information content (AvgIpc) is 3.38. The van der Waals surface area contributed by atoms with Gasteiger partial charge in [-0.1, -0.05) is 17.7 Å². The molecule has 0 bridgehead atoms. The monoisotopic (exact) mass is 454 g/mol. The van der Waals surface area contributed by atoms with Crippen molar-refractivity contribution in [2.24, 2.45) is 0 Å². The lowest BCUT2D eigenvalue weighted by molar-refractivity contribution is -0.343. The number of carbonyl (C=O) groups is 2. The van der Waals surface area contributed by atoms with Crippen LogP contribution in [-0.4, -0.2) is 42.7 Å². The standard InChI is InChI=1S/C23H25F3O6/c1-13-10-14(2)17(15(3)11-13)18-19(21(32-20(18)28)6-4-5-7-21)31-16(27)12-22(23(24,25)26)29-8-9-30-22/h10-11H,4-9,12H2,1-3H3. The third-order valence-electron chi connectivity index (χ3n) is 6.25. The Morgan fingerprint density at radius 2 is 1.62 bits per heavy atom. The maximum Gasteiger partial charge on any atom is 0.443 e. The number of alkyl halides is 3. The fraction of sp³-hybridized carbons (Fsp3) is 0.565. The summed E-state index contributed by atoms with van der Waals surface area (Å²) < 4.78 is 61.6. The Bertz CT molecular complexity index is 959. The minimum Gasteiger partial charge on any atom is -0.447 e. The molecule has 1 aliphatic carbocycles. The Balaban J connectivity index is 1.75. The van der Waals surface area contributed by atoms with Crippen molar-refractivity contribution in [2.75, 3.05) is 13.2 Å². The molecule has 0 N–H and O–H groups in total. The molecular formula is C23H25F3O6. The molecule has 174 valence electrons. The molecule has 0 atom stereocenters. The summed E-state index contributed by atoms with van der Waals surface area (Å²) in [4.78, 5) is 25.8. The molecule has 0 unspecified atom stereocenters. The van der Waals surface area contributed by atoms with E-state index in [1.54, 1.807) is 0 Å². The molecule has 1 aromatic rings. The van der Waals surface area contributed by atoms with Crippen molar-refractivity contribution in [1.82, 2.24) is 0 Å². The number of benzene rings is 1. The predicted molar refractivity (Wildman–Crippen MR) is 106 cm³/mol. The van der Waals surface area contributed by atoms with Gasteiger partial charge in [-0.2, -0.15) is 13.2 Å². The van der Waals surface area contributed by atoms with Crippen LogP contribution in [0.4, 0.5) is 13.2 Å². The summed E-state index contributed by atoms with van der Waals surface area (Å²) in [7, 11) is 0. The highest BCUT2D eigenvalue weighted by Gasteiger charge is 2.62. The van der Waals surface area contributed by atoms with Crippen LogP contribution in [0, 0.1) is 20.8 Å². The lowest BCUT2D eigenvalue weighted by atomic mass is 9.90. The van der Waals surface area contributed by atoms with E-state index in [1.165, 1.54) is 0 Å². The number of carbonyl (C=O) groups excluding carboxylic acids is 2. The van der Waals surface area contributed by atoms with Gasteiger partial charge in [0.25, 0.3) is 5.79 Å². The van der Waals surface area contributed by atoms with Crippen molar-refractivity contribution < 1.29 is 41.7 Å². The van der Waals surface area contributed by atoms with Crippen LogP contribution in [0.5, 0.6) is 0 Å². The van der Waals surface area contributed by atoms with Crippen LogP contribution in [-0.2, 0) is 28.5 Å². The Morgan fingerprint density at radius 3 is 2.16 bits per heavy atom. The second kappa shape index (κ2) is 7.88. The minimum atomic E-state index is -4.92. The third-order valence-corrected chi connectivity index (χ3v) is 6.25. The molecule has 1 spiro atoms.